The van der Waals surface area contributed by atoms with E-state index in [0.717, 1.165) is 11.1 Å². The second kappa shape index (κ2) is 5.03. The minimum Gasteiger partial charge on any atom is -0.481 e. The molecule has 0 aliphatic carbocycles. The van der Waals surface area contributed by atoms with E-state index in [1.165, 1.54) is 0 Å². The van der Waals surface area contributed by atoms with E-state index in [0.29, 0.717) is 18.7 Å². The maximum absolute atomic E-state index is 12.5. The van der Waals surface area contributed by atoms with Gasteiger partial charge in [0.25, 0.3) is 5.91 Å². The standard InChI is InChI=1S/C15H19NO3/c1-9-5-4-6-12(11(9)3)14(17)16-7-10(2)13(8-16)15(18)19/h4-6,10,13H,7-8H2,1-3H3,(H,18,19)/t10-,13-/m1/s1. The second-order valence-corrected chi connectivity index (χ2v) is 5.38. The van der Waals surface area contributed by atoms with Crippen molar-refractivity contribution < 1.29 is 14.7 Å². The highest BCUT2D eigenvalue weighted by Crippen LogP contribution is 2.25. The molecule has 1 aromatic carbocycles. The molecule has 1 aliphatic rings. The van der Waals surface area contributed by atoms with Crippen LogP contribution in [0.5, 0.6) is 0 Å². The van der Waals surface area contributed by atoms with Crippen molar-refractivity contribution in [2.45, 2.75) is 20.8 Å². The van der Waals surface area contributed by atoms with Gasteiger partial charge in [-0.3, -0.25) is 9.59 Å². The van der Waals surface area contributed by atoms with Gasteiger partial charge in [-0.2, -0.15) is 0 Å². The molecule has 0 aromatic heterocycles. The predicted molar refractivity (Wildman–Crippen MR) is 72.1 cm³/mol. The van der Waals surface area contributed by atoms with Gasteiger partial charge < -0.3 is 10.0 Å². The molecule has 1 amide bonds. The van der Waals surface area contributed by atoms with Crippen LogP contribution >= 0.6 is 0 Å². The van der Waals surface area contributed by atoms with Gasteiger partial charge in [0.05, 0.1) is 5.92 Å². The van der Waals surface area contributed by atoms with Crippen molar-refractivity contribution in [2.75, 3.05) is 13.1 Å². The highest BCUT2D eigenvalue weighted by atomic mass is 16.4. The summed E-state index contributed by atoms with van der Waals surface area (Å²) in [7, 11) is 0. The zero-order valence-electron chi connectivity index (χ0n) is 11.5. The Kier molecular flexibility index (Phi) is 3.60. The molecule has 1 aliphatic heterocycles. The molecule has 1 heterocycles. The van der Waals surface area contributed by atoms with Gasteiger partial charge in [-0.25, -0.2) is 0 Å². The van der Waals surface area contributed by atoms with Gasteiger partial charge in [0.15, 0.2) is 0 Å². The van der Waals surface area contributed by atoms with Gasteiger partial charge in [0, 0.05) is 18.7 Å². The summed E-state index contributed by atoms with van der Waals surface area (Å²) < 4.78 is 0. The normalized spacial score (nSPS) is 22.6. The Morgan fingerprint density at radius 1 is 1.26 bits per heavy atom. The van der Waals surface area contributed by atoms with Crippen molar-refractivity contribution in [3.8, 4) is 0 Å². The molecule has 1 fully saturated rings. The number of aryl methyl sites for hydroxylation is 1. The number of carboxylic acid groups (broad SMARTS) is 1. The predicted octanol–water partition coefficient (Wildman–Crippen LogP) is 2.10. The number of benzene rings is 1. The third-order valence-electron chi connectivity index (χ3n) is 4.05. The molecule has 1 N–H and O–H groups in total. The van der Waals surface area contributed by atoms with Crippen LogP contribution < -0.4 is 0 Å². The van der Waals surface area contributed by atoms with Crippen LogP contribution in [0.3, 0.4) is 0 Å². The van der Waals surface area contributed by atoms with Crippen molar-refractivity contribution in [1.29, 1.82) is 0 Å². The molecule has 2 rings (SSSR count). The summed E-state index contributed by atoms with van der Waals surface area (Å²) in [5, 5.41) is 9.11. The molecule has 2 atom stereocenters. The summed E-state index contributed by atoms with van der Waals surface area (Å²) in [5.74, 6) is -1.32. The number of hydrogen-bond acceptors (Lipinski definition) is 2. The van der Waals surface area contributed by atoms with Gasteiger partial charge in [-0.15, -0.1) is 0 Å². The molecular formula is C15H19NO3. The van der Waals surface area contributed by atoms with E-state index in [-0.39, 0.29) is 11.8 Å². The van der Waals surface area contributed by atoms with Crippen LogP contribution in [-0.4, -0.2) is 35.0 Å². The van der Waals surface area contributed by atoms with Crippen molar-refractivity contribution >= 4 is 11.9 Å². The number of hydrogen-bond donors (Lipinski definition) is 1. The van der Waals surface area contributed by atoms with Gasteiger partial charge >= 0.3 is 5.97 Å². The number of carboxylic acids is 1. The first-order chi connectivity index (χ1) is 8.91. The van der Waals surface area contributed by atoms with E-state index in [1.807, 2.05) is 39.0 Å². The first kappa shape index (κ1) is 13.6. The number of likely N-dealkylation sites (tertiary alicyclic amines) is 1. The topological polar surface area (TPSA) is 57.6 Å². The molecule has 19 heavy (non-hydrogen) atoms. The molecule has 0 bridgehead atoms. The number of aliphatic carboxylic acids is 1. The summed E-state index contributed by atoms with van der Waals surface area (Å²) >= 11 is 0. The van der Waals surface area contributed by atoms with Crippen molar-refractivity contribution in [2.24, 2.45) is 11.8 Å². The van der Waals surface area contributed by atoms with E-state index in [4.69, 9.17) is 5.11 Å². The lowest BCUT2D eigenvalue weighted by Crippen LogP contribution is -2.30. The Labute approximate surface area is 113 Å². The number of carbonyl (C=O) groups is 2. The lowest BCUT2D eigenvalue weighted by molar-refractivity contribution is -0.142. The Balaban J connectivity index is 2.22. The first-order valence-electron chi connectivity index (χ1n) is 6.50. The maximum Gasteiger partial charge on any atom is 0.308 e. The molecule has 102 valence electrons. The minimum absolute atomic E-state index is 0.00608. The highest BCUT2D eigenvalue weighted by Gasteiger charge is 2.37. The SMILES string of the molecule is Cc1cccc(C(=O)N2C[C@@H](C)[C@H](C(=O)O)C2)c1C. The minimum atomic E-state index is -0.816. The third-order valence-corrected chi connectivity index (χ3v) is 4.05. The monoisotopic (exact) mass is 261 g/mol. The van der Waals surface area contributed by atoms with E-state index in [1.54, 1.807) is 4.90 Å². The zero-order chi connectivity index (χ0) is 14.2. The van der Waals surface area contributed by atoms with Gasteiger partial charge in [0.1, 0.15) is 0 Å². The Morgan fingerprint density at radius 3 is 2.53 bits per heavy atom. The third kappa shape index (κ3) is 2.48. The quantitative estimate of drug-likeness (QED) is 0.887. The lowest BCUT2D eigenvalue weighted by Gasteiger charge is -2.18. The highest BCUT2D eigenvalue weighted by molar-refractivity contribution is 5.96. The average Bonchev–Trinajstić information content (AvgIpc) is 2.74. The van der Waals surface area contributed by atoms with Gasteiger partial charge in [-0.05, 0) is 37.0 Å². The molecule has 0 unspecified atom stereocenters. The molecule has 1 aromatic rings. The lowest BCUT2D eigenvalue weighted by atomic mass is 9.99. The Morgan fingerprint density at radius 2 is 1.95 bits per heavy atom. The fraction of sp³-hybridized carbons (Fsp3) is 0.467. The summed E-state index contributed by atoms with van der Waals surface area (Å²) in [4.78, 5) is 25.2. The molecule has 0 saturated carbocycles. The van der Waals surface area contributed by atoms with E-state index >= 15 is 0 Å². The molecule has 1 saturated heterocycles. The average molecular weight is 261 g/mol. The van der Waals surface area contributed by atoms with Crippen LogP contribution in [0.4, 0.5) is 0 Å². The fourth-order valence-corrected chi connectivity index (χ4v) is 2.61. The van der Waals surface area contributed by atoms with Crippen LogP contribution in [-0.2, 0) is 4.79 Å². The molecule has 0 radical (unpaired) electrons. The smallest absolute Gasteiger partial charge is 0.308 e. The fourth-order valence-electron chi connectivity index (χ4n) is 2.61. The van der Waals surface area contributed by atoms with E-state index in [9.17, 15) is 9.59 Å². The summed E-state index contributed by atoms with van der Waals surface area (Å²) in [6, 6.07) is 5.64. The molecule has 4 nitrogen and oxygen atoms in total. The van der Waals surface area contributed by atoms with Crippen molar-refractivity contribution in [3.05, 3.63) is 34.9 Å². The van der Waals surface area contributed by atoms with Crippen LogP contribution in [0.25, 0.3) is 0 Å². The molecule has 4 heteroatoms. The van der Waals surface area contributed by atoms with E-state index in [2.05, 4.69) is 0 Å². The largest absolute Gasteiger partial charge is 0.481 e. The van der Waals surface area contributed by atoms with E-state index < -0.39 is 11.9 Å². The second-order valence-electron chi connectivity index (χ2n) is 5.38. The summed E-state index contributed by atoms with van der Waals surface area (Å²) in [6.45, 7) is 6.61. The number of carbonyl (C=O) groups excluding carboxylic acids is 1. The van der Waals surface area contributed by atoms with Crippen LogP contribution in [0.1, 0.15) is 28.4 Å². The van der Waals surface area contributed by atoms with Crippen LogP contribution in [0.15, 0.2) is 18.2 Å². The van der Waals surface area contributed by atoms with Crippen molar-refractivity contribution in [3.63, 3.8) is 0 Å². The Bertz CT molecular complexity index is 524. The van der Waals surface area contributed by atoms with Gasteiger partial charge in [-0.1, -0.05) is 19.1 Å². The zero-order valence-corrected chi connectivity index (χ0v) is 11.5. The summed E-state index contributed by atoms with van der Waals surface area (Å²) in [5.41, 5.74) is 2.73. The maximum atomic E-state index is 12.5. The molecule has 0 spiro atoms. The summed E-state index contributed by atoms with van der Waals surface area (Å²) in [6.07, 6.45) is 0. The van der Waals surface area contributed by atoms with Crippen molar-refractivity contribution in [1.82, 2.24) is 4.90 Å². The van der Waals surface area contributed by atoms with Crippen LogP contribution in [0.2, 0.25) is 0 Å². The molecular weight excluding hydrogens is 242 g/mol. The van der Waals surface area contributed by atoms with Gasteiger partial charge in [0.2, 0.25) is 0 Å². The number of amides is 1. The Hall–Kier alpha value is -1.84. The number of rotatable bonds is 2. The first-order valence-corrected chi connectivity index (χ1v) is 6.50. The number of nitrogens with zero attached hydrogens (tertiary/aromatic N) is 1. The van der Waals surface area contributed by atoms with Crippen LogP contribution in [0, 0.1) is 25.7 Å².